The molecule has 0 saturated heterocycles. The lowest BCUT2D eigenvalue weighted by Gasteiger charge is -2.05. The number of hydrogen-bond donors (Lipinski definition) is 1. The molecule has 0 radical (unpaired) electrons. The van der Waals surface area contributed by atoms with Crippen LogP contribution >= 0.6 is 22.7 Å². The second-order valence-corrected chi connectivity index (χ2v) is 7.54. The van der Waals surface area contributed by atoms with Gasteiger partial charge in [0.15, 0.2) is 6.61 Å². The summed E-state index contributed by atoms with van der Waals surface area (Å²) in [7, 11) is 0. The van der Waals surface area contributed by atoms with Crippen LogP contribution in [0.2, 0.25) is 0 Å². The van der Waals surface area contributed by atoms with Crippen LogP contribution in [0.15, 0.2) is 53.9 Å². The molecule has 1 N–H and O–H groups in total. The molecule has 2 aromatic heterocycles. The summed E-state index contributed by atoms with van der Waals surface area (Å²) >= 11 is 2.88. The molecule has 3 rings (SSSR count). The van der Waals surface area contributed by atoms with Gasteiger partial charge in [-0.05, 0) is 47.7 Å². The largest absolute Gasteiger partial charge is 0.451 e. The molecular formula is C19H16FNO3S2. The van der Waals surface area contributed by atoms with Crippen molar-refractivity contribution in [3.05, 3.63) is 69.5 Å². The number of esters is 1. The third-order valence-electron chi connectivity index (χ3n) is 3.54. The first kappa shape index (κ1) is 18.3. The summed E-state index contributed by atoms with van der Waals surface area (Å²) in [6, 6.07) is 13.4. The van der Waals surface area contributed by atoms with Crippen LogP contribution in [-0.4, -0.2) is 25.0 Å². The molecule has 0 spiro atoms. The summed E-state index contributed by atoms with van der Waals surface area (Å²) in [4.78, 5) is 26.2. The SMILES string of the molecule is O=C(COC(=O)c1ccc(-c2ccc(F)cc2)s1)NCCc1cccs1. The standard InChI is InChI=1S/C19H16FNO3S2/c20-14-5-3-13(4-6-14)16-7-8-17(26-16)19(23)24-12-18(22)21-10-9-15-2-1-11-25-15/h1-8,11H,9-10,12H2,(H,21,22). The lowest BCUT2D eigenvalue weighted by Crippen LogP contribution is -2.30. The molecule has 1 aromatic carbocycles. The van der Waals surface area contributed by atoms with Crippen LogP contribution in [0.1, 0.15) is 14.5 Å². The number of amides is 1. The Morgan fingerprint density at radius 2 is 1.88 bits per heavy atom. The van der Waals surface area contributed by atoms with E-state index in [1.165, 1.54) is 28.3 Å². The molecule has 0 aliphatic carbocycles. The summed E-state index contributed by atoms with van der Waals surface area (Å²) in [6.07, 6.45) is 0.753. The van der Waals surface area contributed by atoms with Crippen LogP contribution in [0.5, 0.6) is 0 Å². The molecule has 4 nitrogen and oxygen atoms in total. The predicted molar refractivity (Wildman–Crippen MR) is 101 cm³/mol. The Kier molecular flexibility index (Phi) is 6.14. The average Bonchev–Trinajstić information content (AvgIpc) is 3.32. The van der Waals surface area contributed by atoms with Crippen LogP contribution in [0.3, 0.4) is 0 Å². The number of carbonyl (C=O) groups is 2. The lowest BCUT2D eigenvalue weighted by atomic mass is 10.2. The Bertz CT molecular complexity index is 873. The van der Waals surface area contributed by atoms with Gasteiger partial charge in [-0.3, -0.25) is 4.79 Å². The van der Waals surface area contributed by atoms with Gasteiger partial charge in [0.05, 0.1) is 0 Å². The number of hydrogen-bond acceptors (Lipinski definition) is 5. The normalized spacial score (nSPS) is 10.5. The minimum Gasteiger partial charge on any atom is -0.451 e. The quantitative estimate of drug-likeness (QED) is 0.618. The van der Waals surface area contributed by atoms with E-state index in [-0.39, 0.29) is 18.3 Å². The summed E-state index contributed by atoms with van der Waals surface area (Å²) in [5.41, 5.74) is 0.821. The van der Waals surface area contributed by atoms with E-state index in [1.807, 2.05) is 17.5 Å². The van der Waals surface area contributed by atoms with Gasteiger partial charge in [-0.1, -0.05) is 18.2 Å². The Morgan fingerprint density at radius 3 is 2.62 bits per heavy atom. The fourth-order valence-electron chi connectivity index (χ4n) is 2.25. The van der Waals surface area contributed by atoms with E-state index < -0.39 is 5.97 Å². The highest BCUT2D eigenvalue weighted by molar-refractivity contribution is 7.17. The summed E-state index contributed by atoms with van der Waals surface area (Å²) in [6.45, 7) is 0.192. The number of ether oxygens (including phenoxy) is 1. The number of nitrogens with one attached hydrogen (secondary N) is 1. The van der Waals surface area contributed by atoms with Gasteiger partial charge in [0, 0.05) is 16.3 Å². The first-order valence-corrected chi connectivity index (χ1v) is 9.63. The molecule has 0 bridgehead atoms. The maximum Gasteiger partial charge on any atom is 0.348 e. The molecule has 0 fully saturated rings. The van der Waals surface area contributed by atoms with E-state index in [0.29, 0.717) is 11.4 Å². The third-order valence-corrected chi connectivity index (χ3v) is 5.59. The maximum atomic E-state index is 13.0. The minimum absolute atomic E-state index is 0.310. The molecule has 3 aromatic rings. The average molecular weight is 389 g/mol. The number of halogens is 1. The van der Waals surface area contributed by atoms with Crippen LogP contribution in [0.25, 0.3) is 10.4 Å². The van der Waals surface area contributed by atoms with Crippen molar-refractivity contribution in [2.45, 2.75) is 6.42 Å². The molecule has 7 heteroatoms. The summed E-state index contributed by atoms with van der Waals surface area (Å²) in [5, 5.41) is 4.71. The van der Waals surface area contributed by atoms with Gasteiger partial charge >= 0.3 is 5.97 Å². The Morgan fingerprint density at radius 1 is 1.08 bits per heavy atom. The Balaban J connectivity index is 1.46. The van der Waals surface area contributed by atoms with E-state index in [9.17, 15) is 14.0 Å². The molecular weight excluding hydrogens is 373 g/mol. The van der Waals surface area contributed by atoms with E-state index in [2.05, 4.69) is 5.32 Å². The van der Waals surface area contributed by atoms with Crippen molar-refractivity contribution in [3.8, 4) is 10.4 Å². The molecule has 0 unspecified atom stereocenters. The number of thiophene rings is 2. The summed E-state index contributed by atoms with van der Waals surface area (Å²) < 4.78 is 18.0. The number of rotatable bonds is 7. The highest BCUT2D eigenvalue weighted by Crippen LogP contribution is 2.28. The summed E-state index contributed by atoms with van der Waals surface area (Å²) in [5.74, 6) is -1.18. The van der Waals surface area contributed by atoms with E-state index in [0.717, 1.165) is 16.9 Å². The second-order valence-electron chi connectivity index (χ2n) is 5.43. The third kappa shape index (κ3) is 5.00. The van der Waals surface area contributed by atoms with E-state index in [1.54, 1.807) is 35.6 Å². The van der Waals surface area contributed by atoms with Crippen molar-refractivity contribution in [1.82, 2.24) is 5.32 Å². The number of carbonyl (C=O) groups excluding carboxylic acids is 2. The predicted octanol–water partition coefficient (Wildman–Crippen LogP) is 4.13. The maximum absolute atomic E-state index is 13.0. The van der Waals surface area contributed by atoms with Gasteiger partial charge in [0.1, 0.15) is 10.7 Å². The van der Waals surface area contributed by atoms with Crippen LogP contribution < -0.4 is 5.32 Å². The fourth-order valence-corrected chi connectivity index (χ4v) is 3.86. The van der Waals surface area contributed by atoms with E-state index >= 15 is 0 Å². The molecule has 26 heavy (non-hydrogen) atoms. The van der Waals surface area contributed by atoms with Crippen molar-refractivity contribution < 1.29 is 18.7 Å². The van der Waals surface area contributed by atoms with Crippen LogP contribution in [-0.2, 0) is 16.0 Å². The van der Waals surface area contributed by atoms with Gasteiger partial charge in [0.2, 0.25) is 0 Å². The molecule has 0 saturated carbocycles. The van der Waals surface area contributed by atoms with Crippen LogP contribution in [0, 0.1) is 5.82 Å². The Labute approximate surface area is 158 Å². The van der Waals surface area contributed by atoms with Crippen molar-refractivity contribution in [3.63, 3.8) is 0 Å². The Hall–Kier alpha value is -2.51. The van der Waals surface area contributed by atoms with Crippen LogP contribution in [0.4, 0.5) is 4.39 Å². The van der Waals surface area contributed by atoms with Gasteiger partial charge in [-0.2, -0.15) is 0 Å². The minimum atomic E-state index is -0.545. The topological polar surface area (TPSA) is 55.4 Å². The van der Waals surface area contributed by atoms with Gasteiger partial charge in [-0.15, -0.1) is 22.7 Å². The first-order valence-electron chi connectivity index (χ1n) is 7.94. The van der Waals surface area contributed by atoms with Crippen molar-refractivity contribution >= 4 is 34.6 Å². The zero-order chi connectivity index (χ0) is 18.4. The lowest BCUT2D eigenvalue weighted by molar-refractivity contribution is -0.124. The highest BCUT2D eigenvalue weighted by atomic mass is 32.1. The monoisotopic (exact) mass is 389 g/mol. The van der Waals surface area contributed by atoms with Crippen molar-refractivity contribution in [1.29, 1.82) is 0 Å². The van der Waals surface area contributed by atoms with Crippen molar-refractivity contribution in [2.75, 3.05) is 13.2 Å². The second kappa shape index (κ2) is 8.73. The molecule has 134 valence electrons. The molecule has 0 aliphatic rings. The van der Waals surface area contributed by atoms with Gasteiger partial charge < -0.3 is 10.1 Å². The zero-order valence-corrected chi connectivity index (χ0v) is 15.4. The van der Waals surface area contributed by atoms with Gasteiger partial charge in [0.25, 0.3) is 5.91 Å². The molecule has 2 heterocycles. The molecule has 1 amide bonds. The molecule has 0 atom stereocenters. The highest BCUT2D eigenvalue weighted by Gasteiger charge is 2.13. The number of benzene rings is 1. The smallest absolute Gasteiger partial charge is 0.348 e. The zero-order valence-electron chi connectivity index (χ0n) is 13.7. The fraction of sp³-hybridized carbons (Fsp3) is 0.158. The van der Waals surface area contributed by atoms with Gasteiger partial charge in [-0.25, -0.2) is 9.18 Å². The van der Waals surface area contributed by atoms with E-state index in [4.69, 9.17) is 4.74 Å². The van der Waals surface area contributed by atoms with Crippen molar-refractivity contribution in [2.24, 2.45) is 0 Å². The molecule has 0 aliphatic heterocycles. The first-order chi connectivity index (χ1) is 12.6.